The van der Waals surface area contributed by atoms with Gasteiger partial charge in [0.15, 0.2) is 0 Å². The van der Waals surface area contributed by atoms with Gasteiger partial charge in [0.05, 0.1) is 0 Å². The molecular formula is C107H65N9Se4. The summed E-state index contributed by atoms with van der Waals surface area (Å²) in [5.41, 5.74) is 5.71. The van der Waals surface area contributed by atoms with Crippen LogP contribution in [0.25, 0.3) is 223 Å². The normalized spacial score (nSPS) is 15.0. The molecule has 0 N–H and O–H groups in total. The van der Waals surface area contributed by atoms with Crippen LogP contribution in [-0.4, -0.2) is 103 Å². The summed E-state index contributed by atoms with van der Waals surface area (Å²) in [4.78, 5) is 43.0. The van der Waals surface area contributed by atoms with E-state index in [0.29, 0.717) is 38.7 Å². The zero-order valence-electron chi connectivity index (χ0n) is 91.9. The molecule has 0 saturated heterocycles. The van der Waals surface area contributed by atoms with Crippen LogP contribution in [0.15, 0.2) is 394 Å². The Morgan fingerprint density at radius 3 is 0.967 bits per heavy atom. The Bertz CT molecular complexity index is 9730. The molecular weight excluding hydrogens is 1730 g/mol. The first-order chi connectivity index (χ1) is 71.9. The first-order valence-corrected chi connectivity index (χ1v) is 44.1. The predicted octanol–water partition coefficient (Wildman–Crippen LogP) is 25.7. The van der Waals surface area contributed by atoms with Gasteiger partial charge in [-0.2, -0.15) is 0 Å². The maximum absolute atomic E-state index is 9.16. The van der Waals surface area contributed by atoms with Gasteiger partial charge in [-0.15, -0.1) is 0 Å². The van der Waals surface area contributed by atoms with Crippen molar-refractivity contribution >= 4 is 157 Å². The van der Waals surface area contributed by atoms with Crippen LogP contribution < -0.4 is 0 Å². The summed E-state index contributed by atoms with van der Waals surface area (Å²) in [7, 11) is 0. The van der Waals surface area contributed by atoms with Crippen molar-refractivity contribution in [3.8, 4) is 125 Å². The minimum atomic E-state index is -1.05. The molecule has 9 nitrogen and oxygen atoms in total. The van der Waals surface area contributed by atoms with E-state index in [4.69, 9.17) is 71.0 Å². The Morgan fingerprint density at radius 1 is 0.167 bits per heavy atom. The SMILES string of the molecule is [2H]c1c([2H])c([2H])c(-c2c([2H])c([2H])c([2H])c3c2[se]c2c(-c4nc(-c5ccccc5)nc(-c5ccc6ccccc6c5)n4)c([2H])c([2H])c([2H])c23)c([2H])c1[2H].[2H]c1c([2H])c([2H])c(-c2nc(-c3c([2H])c([2H])c([2H])c4c3[se]c3c([2H])c([2H])c([2H])c([2H])c34)nc(-c3c([2H])c([2H])c([2H])c4c3[se]c3c([2H])c([2H])c([2H])c([2H])c34)n2)c([2H])c1[2H].c1ccc(-c2nc(-c3ccccc3)nc(-c3cccc4c3[se]c3c(-c5ccc6ccccc6c5)cccc34)n2)cc1. The van der Waals surface area contributed by atoms with Gasteiger partial charge in [-0.25, -0.2) is 0 Å². The van der Waals surface area contributed by atoms with Gasteiger partial charge in [0.2, 0.25) is 0 Å². The average molecular weight is 1820 g/mol. The van der Waals surface area contributed by atoms with Crippen molar-refractivity contribution in [2.75, 3.05) is 0 Å². The predicted molar refractivity (Wildman–Crippen MR) is 502 cm³/mol. The van der Waals surface area contributed by atoms with Crippen molar-refractivity contribution in [1.82, 2.24) is 44.9 Å². The molecule has 562 valence electrons. The number of benzene rings is 17. The third-order valence-corrected chi connectivity index (χ3v) is 29.9. The Morgan fingerprint density at radius 2 is 0.483 bits per heavy atom. The fraction of sp³-hybridized carbons (Fsp3) is 0. The number of aromatic nitrogens is 9. The zero-order chi connectivity index (χ0) is 106. The first kappa shape index (κ1) is 47.7. The summed E-state index contributed by atoms with van der Waals surface area (Å²) >= 11 is -2.97. The Kier molecular flexibility index (Phi) is 12.6. The van der Waals surface area contributed by atoms with Gasteiger partial charge in [-0.3, -0.25) is 0 Å². The molecule has 0 aliphatic rings. The van der Waals surface area contributed by atoms with Gasteiger partial charge in [0.25, 0.3) is 0 Å². The van der Waals surface area contributed by atoms with Crippen LogP contribution in [0.5, 0.6) is 0 Å². The zero-order valence-corrected chi connectivity index (χ0v) is 68.7. The number of hydrogen-bond acceptors (Lipinski definition) is 9. The van der Waals surface area contributed by atoms with Gasteiger partial charge in [-0.05, 0) is 0 Å². The summed E-state index contributed by atoms with van der Waals surface area (Å²) in [6.07, 6.45) is 0. The summed E-state index contributed by atoms with van der Waals surface area (Å²) in [5.74, 6) is 1.27. The molecule has 0 spiro atoms. The molecule has 0 aliphatic carbocycles. The van der Waals surface area contributed by atoms with Gasteiger partial charge in [-0.1, -0.05) is 0 Å². The molecule has 0 amide bonds. The summed E-state index contributed by atoms with van der Waals surface area (Å²) in [6.45, 7) is 0. The van der Waals surface area contributed by atoms with Crippen LogP contribution in [0.4, 0.5) is 0 Å². The van der Waals surface area contributed by atoms with E-state index in [1.165, 1.54) is 41.2 Å². The number of rotatable bonds is 11. The topological polar surface area (TPSA) is 116 Å². The van der Waals surface area contributed by atoms with E-state index in [-0.39, 0.29) is 126 Å². The van der Waals surface area contributed by atoms with Crippen molar-refractivity contribution in [2.24, 2.45) is 0 Å². The van der Waals surface area contributed by atoms with Crippen LogP contribution in [-0.2, 0) is 0 Å². The second kappa shape index (κ2) is 31.7. The molecule has 0 bridgehead atoms. The van der Waals surface area contributed by atoms with E-state index < -0.39 is 224 Å². The van der Waals surface area contributed by atoms with Crippen LogP contribution >= 0.6 is 0 Å². The van der Waals surface area contributed by atoms with Crippen LogP contribution in [0, 0.1) is 0 Å². The van der Waals surface area contributed by atoms with Gasteiger partial charge < -0.3 is 0 Å². The summed E-state index contributed by atoms with van der Waals surface area (Å²) in [5, 5.41) is 7.07. The van der Waals surface area contributed by atoms with E-state index in [2.05, 4.69) is 118 Å². The van der Waals surface area contributed by atoms with Crippen LogP contribution in [0.2, 0.25) is 0 Å². The minimum absolute atomic E-state index is 0.0348. The molecule has 0 fully saturated rings. The molecule has 0 saturated carbocycles. The molecule has 0 unspecified atom stereocenters. The molecule has 17 aromatic carbocycles. The number of hydrogen-bond donors (Lipinski definition) is 0. The molecule has 0 radical (unpaired) electrons. The number of fused-ring (bicyclic) bond motifs is 14. The van der Waals surface area contributed by atoms with E-state index in [9.17, 15) is 0 Å². The molecule has 13 heteroatoms. The maximum atomic E-state index is 9.16. The Hall–Kier alpha value is -13.6. The molecule has 120 heavy (non-hydrogen) atoms. The molecule has 7 aromatic heterocycles. The molecule has 24 rings (SSSR count). The van der Waals surface area contributed by atoms with Gasteiger partial charge >= 0.3 is 761 Å². The summed E-state index contributed by atoms with van der Waals surface area (Å²) in [6, 6.07) is 55.0. The van der Waals surface area contributed by atoms with Gasteiger partial charge in [0.1, 0.15) is 0 Å². The van der Waals surface area contributed by atoms with E-state index in [1.54, 1.807) is 0 Å². The monoisotopic (exact) mass is 1830 g/mol. The average Bonchev–Trinajstić information content (AvgIpc) is 1.55. The quantitative estimate of drug-likeness (QED) is 0.117. The fourth-order valence-electron chi connectivity index (χ4n) is 14.4. The Balaban J connectivity index is 0.000000129. The van der Waals surface area contributed by atoms with Crippen molar-refractivity contribution in [3.63, 3.8) is 0 Å². The second-order valence-electron chi connectivity index (χ2n) is 27.1. The van der Waals surface area contributed by atoms with E-state index in [0.717, 1.165) is 33.3 Å². The third kappa shape index (κ3) is 13.8. The van der Waals surface area contributed by atoms with Crippen molar-refractivity contribution in [1.29, 1.82) is 0 Å². The third-order valence-electron chi connectivity index (χ3n) is 20.0. The fourth-order valence-corrected chi connectivity index (χ4v) is 24.2. The van der Waals surface area contributed by atoms with Crippen LogP contribution in [0.1, 0.15) is 41.1 Å². The molecule has 24 aromatic rings. The van der Waals surface area contributed by atoms with Crippen LogP contribution in [0.3, 0.4) is 0 Å². The van der Waals surface area contributed by atoms with Gasteiger partial charge in [0, 0.05) is 0 Å². The number of nitrogens with zero attached hydrogens (tertiary/aromatic N) is 9. The van der Waals surface area contributed by atoms with Crippen molar-refractivity contribution < 1.29 is 41.1 Å². The molecule has 0 aliphatic heterocycles. The Labute approximate surface area is 756 Å². The molecule has 0 atom stereocenters. The summed E-state index contributed by atoms with van der Waals surface area (Å²) < 4.78 is 263. The van der Waals surface area contributed by atoms with Crippen molar-refractivity contribution in [3.05, 3.63) is 394 Å². The molecule has 7 heterocycles. The van der Waals surface area contributed by atoms with E-state index in [1.807, 2.05) is 109 Å². The first-order valence-electron chi connectivity index (χ1n) is 52.3. The van der Waals surface area contributed by atoms with Crippen molar-refractivity contribution in [2.45, 2.75) is 0 Å². The standard InChI is InChI=1S/2C37H23N3Se.C33H19N3Se2/c1-3-12-25(13-4-1)35-38-36(26-14-5-2-6-15-26)40-37(39-35)32-20-10-19-31-30-18-9-17-29(33(30)41-34(31)32)28-22-21-24-11-7-8-16-27(24)23-28;1-3-12-25(13-4-1)29-17-9-18-30-31-19-10-20-32(34(31)41-33(29)30)37-39-35(26-14-5-2-6-15-26)38-36(40-37)28-22-21-24-11-7-8-16-27(24)23-28;1-2-10-20(11-3-1)31-34-32(25-16-8-14-23-21-12-4-6-18-27(21)37-29(23)25)36-33(35-31)26-17-9-15-24-22-13-5-7-19-28(22)38-30(24)26/h2*1-23H;1-19H/i;1D,3D,4D,9D,10D,12D,13D,17D,18D,19D,20D;1D,2D,3D,4D,5D,6D,7D,8D,9D,10D,11D,12D,13D,14D,15D,16D,17D,18D,19D. The van der Waals surface area contributed by atoms with E-state index >= 15 is 0 Å². The second-order valence-corrected chi connectivity index (χ2v) is 35.7.